The zero-order valence-corrected chi connectivity index (χ0v) is 12.6. The number of nitrogens with zero attached hydrogens (tertiary/aromatic N) is 2. The Morgan fingerprint density at radius 1 is 1.28 bits per heavy atom. The first-order valence-corrected chi connectivity index (χ1v) is 7.33. The lowest BCUT2D eigenvalue weighted by Crippen LogP contribution is -2.27. The van der Waals surface area contributed by atoms with Crippen LogP contribution >= 0.6 is 0 Å². The van der Waals surface area contributed by atoms with Gasteiger partial charge in [-0.1, -0.05) is 27.7 Å². The first-order chi connectivity index (χ1) is 8.58. The second kappa shape index (κ2) is 7.57. The molecule has 104 valence electrons. The van der Waals surface area contributed by atoms with Gasteiger partial charge in [0, 0.05) is 12.2 Å². The molecular formula is C15H29N3. The summed E-state index contributed by atoms with van der Waals surface area (Å²) >= 11 is 0. The molecule has 1 aromatic rings. The zero-order chi connectivity index (χ0) is 13.5. The van der Waals surface area contributed by atoms with E-state index < -0.39 is 0 Å². The number of aromatic nitrogens is 2. The van der Waals surface area contributed by atoms with Gasteiger partial charge in [0.15, 0.2) is 0 Å². The summed E-state index contributed by atoms with van der Waals surface area (Å²) in [5.41, 5.74) is 1.23. The second-order valence-corrected chi connectivity index (χ2v) is 5.56. The van der Waals surface area contributed by atoms with Crippen LogP contribution < -0.4 is 5.32 Å². The van der Waals surface area contributed by atoms with Crippen LogP contribution in [0.15, 0.2) is 12.3 Å². The van der Waals surface area contributed by atoms with E-state index in [1.54, 1.807) is 0 Å². The van der Waals surface area contributed by atoms with Crippen molar-refractivity contribution in [2.24, 2.45) is 11.8 Å². The molecule has 0 amide bonds. The lowest BCUT2D eigenvalue weighted by molar-refractivity contribution is 0.358. The number of hydrogen-bond donors (Lipinski definition) is 1. The van der Waals surface area contributed by atoms with Crippen molar-refractivity contribution >= 4 is 0 Å². The summed E-state index contributed by atoms with van der Waals surface area (Å²) in [5, 5.41) is 8.16. The number of hydrogen-bond acceptors (Lipinski definition) is 2. The molecule has 1 N–H and O–H groups in total. The van der Waals surface area contributed by atoms with Crippen molar-refractivity contribution in [3.8, 4) is 0 Å². The Morgan fingerprint density at radius 2 is 2.00 bits per heavy atom. The Kier molecular flexibility index (Phi) is 6.41. The maximum atomic E-state index is 4.70. The minimum Gasteiger partial charge on any atom is -0.317 e. The monoisotopic (exact) mass is 251 g/mol. The first-order valence-electron chi connectivity index (χ1n) is 7.33. The van der Waals surface area contributed by atoms with Gasteiger partial charge in [0.05, 0.1) is 5.69 Å². The molecule has 0 spiro atoms. The highest BCUT2D eigenvalue weighted by atomic mass is 15.3. The van der Waals surface area contributed by atoms with Gasteiger partial charge in [0.2, 0.25) is 0 Å². The van der Waals surface area contributed by atoms with E-state index in [0.717, 1.165) is 25.9 Å². The van der Waals surface area contributed by atoms with E-state index in [1.165, 1.54) is 5.69 Å². The number of nitrogens with one attached hydrogen (secondary N) is 1. The van der Waals surface area contributed by atoms with Gasteiger partial charge in [0.1, 0.15) is 0 Å². The highest BCUT2D eigenvalue weighted by Gasteiger charge is 2.15. The maximum absolute atomic E-state index is 4.70. The fourth-order valence-electron chi connectivity index (χ4n) is 2.06. The first kappa shape index (κ1) is 15.2. The van der Waals surface area contributed by atoms with Crippen LogP contribution in [0.2, 0.25) is 0 Å². The molecule has 0 saturated carbocycles. The highest BCUT2D eigenvalue weighted by molar-refractivity contribution is 5.01. The zero-order valence-electron chi connectivity index (χ0n) is 12.6. The molecule has 3 nitrogen and oxygen atoms in total. The fraction of sp³-hybridized carbons (Fsp3) is 0.800. The predicted octanol–water partition coefficient (Wildman–Crippen LogP) is 3.28. The van der Waals surface area contributed by atoms with Crippen molar-refractivity contribution < 1.29 is 0 Å². The molecular weight excluding hydrogens is 222 g/mol. The fourth-order valence-corrected chi connectivity index (χ4v) is 2.06. The van der Waals surface area contributed by atoms with Crippen molar-refractivity contribution in [3.63, 3.8) is 0 Å². The van der Waals surface area contributed by atoms with Gasteiger partial charge in [0.25, 0.3) is 0 Å². The minimum atomic E-state index is 0.505. The minimum absolute atomic E-state index is 0.505. The molecule has 18 heavy (non-hydrogen) atoms. The van der Waals surface area contributed by atoms with Crippen molar-refractivity contribution in [3.05, 3.63) is 18.0 Å². The van der Waals surface area contributed by atoms with Crippen LogP contribution in [-0.2, 0) is 6.42 Å². The van der Waals surface area contributed by atoms with Gasteiger partial charge in [-0.3, -0.25) is 4.68 Å². The van der Waals surface area contributed by atoms with E-state index in [0.29, 0.717) is 17.9 Å². The molecule has 0 aliphatic rings. The molecule has 0 bridgehead atoms. The van der Waals surface area contributed by atoms with E-state index in [1.807, 2.05) is 0 Å². The van der Waals surface area contributed by atoms with E-state index in [9.17, 15) is 0 Å². The Hall–Kier alpha value is -0.830. The molecule has 0 radical (unpaired) electrons. The Labute approximate surface area is 112 Å². The number of rotatable bonds is 8. The summed E-state index contributed by atoms with van der Waals surface area (Å²) in [5.74, 6) is 1.36. The molecule has 2 unspecified atom stereocenters. The molecule has 0 saturated heterocycles. The van der Waals surface area contributed by atoms with Crippen molar-refractivity contribution in [2.75, 3.05) is 13.1 Å². The van der Waals surface area contributed by atoms with E-state index in [4.69, 9.17) is 5.10 Å². The molecule has 1 rings (SSSR count). The van der Waals surface area contributed by atoms with Crippen molar-refractivity contribution in [1.29, 1.82) is 0 Å². The SMILES string of the molecule is CCNCC(Cc1ccn(C(C)CC)n1)C(C)C. The van der Waals surface area contributed by atoms with Gasteiger partial charge >= 0.3 is 0 Å². The summed E-state index contributed by atoms with van der Waals surface area (Å²) in [6.07, 6.45) is 4.33. The van der Waals surface area contributed by atoms with Gasteiger partial charge in [-0.15, -0.1) is 0 Å². The molecule has 0 fully saturated rings. The smallest absolute Gasteiger partial charge is 0.0628 e. The van der Waals surface area contributed by atoms with Crippen LogP contribution in [-0.4, -0.2) is 22.9 Å². The van der Waals surface area contributed by atoms with Crippen LogP contribution in [0, 0.1) is 11.8 Å². The average Bonchev–Trinajstić information content (AvgIpc) is 2.81. The third-order valence-electron chi connectivity index (χ3n) is 3.78. The van der Waals surface area contributed by atoms with Gasteiger partial charge in [-0.05, 0) is 50.8 Å². The van der Waals surface area contributed by atoms with Gasteiger partial charge in [-0.2, -0.15) is 5.10 Å². The Balaban J connectivity index is 2.60. The molecule has 0 aromatic carbocycles. The molecule has 1 aromatic heterocycles. The summed E-state index contributed by atoms with van der Waals surface area (Å²) in [6, 6.07) is 2.68. The average molecular weight is 251 g/mol. The van der Waals surface area contributed by atoms with Crippen LogP contribution in [0.3, 0.4) is 0 Å². The summed E-state index contributed by atoms with van der Waals surface area (Å²) in [4.78, 5) is 0. The largest absolute Gasteiger partial charge is 0.317 e. The standard InChI is InChI=1S/C15H29N3/c1-6-13(5)18-9-8-15(17-18)10-14(12(3)4)11-16-7-2/h8-9,12-14,16H,6-7,10-11H2,1-5H3. The highest BCUT2D eigenvalue weighted by Crippen LogP contribution is 2.17. The van der Waals surface area contributed by atoms with E-state index in [-0.39, 0.29) is 0 Å². The van der Waals surface area contributed by atoms with Crippen molar-refractivity contribution in [2.45, 2.75) is 53.5 Å². The Bertz CT molecular complexity index is 330. The lowest BCUT2D eigenvalue weighted by Gasteiger charge is -2.20. The van der Waals surface area contributed by atoms with E-state index >= 15 is 0 Å². The van der Waals surface area contributed by atoms with Crippen LogP contribution in [0.4, 0.5) is 0 Å². The molecule has 1 heterocycles. The molecule has 0 aliphatic heterocycles. The van der Waals surface area contributed by atoms with Gasteiger partial charge in [-0.25, -0.2) is 0 Å². The van der Waals surface area contributed by atoms with Crippen LogP contribution in [0.1, 0.15) is 52.8 Å². The lowest BCUT2D eigenvalue weighted by atomic mass is 9.91. The van der Waals surface area contributed by atoms with E-state index in [2.05, 4.69) is 56.9 Å². The second-order valence-electron chi connectivity index (χ2n) is 5.56. The molecule has 3 heteroatoms. The van der Waals surface area contributed by atoms with Crippen LogP contribution in [0.25, 0.3) is 0 Å². The summed E-state index contributed by atoms with van der Waals surface area (Å²) in [6.45, 7) is 13.3. The normalized spacial score (nSPS) is 15.0. The summed E-state index contributed by atoms with van der Waals surface area (Å²) < 4.78 is 2.10. The quantitative estimate of drug-likeness (QED) is 0.768. The third kappa shape index (κ3) is 4.45. The molecule has 2 atom stereocenters. The topological polar surface area (TPSA) is 29.9 Å². The van der Waals surface area contributed by atoms with Crippen LogP contribution in [0.5, 0.6) is 0 Å². The predicted molar refractivity (Wildman–Crippen MR) is 77.8 cm³/mol. The maximum Gasteiger partial charge on any atom is 0.0628 e. The summed E-state index contributed by atoms with van der Waals surface area (Å²) in [7, 11) is 0. The van der Waals surface area contributed by atoms with Crippen molar-refractivity contribution in [1.82, 2.24) is 15.1 Å². The van der Waals surface area contributed by atoms with Gasteiger partial charge < -0.3 is 5.32 Å². The Morgan fingerprint density at radius 3 is 2.56 bits per heavy atom. The molecule has 0 aliphatic carbocycles. The third-order valence-corrected chi connectivity index (χ3v) is 3.78.